The second-order valence-electron chi connectivity index (χ2n) is 3.27. The van der Waals surface area contributed by atoms with E-state index >= 15 is 0 Å². The smallest absolute Gasteiger partial charge is 0.259 e. The third-order valence-corrected chi connectivity index (χ3v) is 2.14. The number of aryl methyl sites for hydroxylation is 1. The monoisotopic (exact) mass is 177 g/mol. The Hall–Kier alpha value is -1.51. The molecule has 13 heavy (non-hydrogen) atoms. The second-order valence-corrected chi connectivity index (χ2v) is 3.27. The van der Waals surface area contributed by atoms with Crippen LogP contribution in [0.15, 0.2) is 18.2 Å². The lowest BCUT2D eigenvalue weighted by atomic mass is 10.1. The number of hydrogen-bond acceptors (Lipinski definition) is 2. The quantitative estimate of drug-likeness (QED) is 0.597. The largest absolute Gasteiger partial charge is 0.377 e. The molecule has 2 rings (SSSR count). The van der Waals surface area contributed by atoms with Gasteiger partial charge in [0.25, 0.3) is 5.91 Å². The Morgan fingerprint density at radius 1 is 1.46 bits per heavy atom. The Morgan fingerprint density at radius 3 is 3.00 bits per heavy atom. The summed E-state index contributed by atoms with van der Waals surface area (Å²) in [5.41, 5.74) is 2.13. The molecule has 0 bridgehead atoms. The van der Waals surface area contributed by atoms with Gasteiger partial charge in [0.2, 0.25) is 0 Å². The predicted molar refractivity (Wildman–Crippen MR) is 48.3 cm³/mol. The zero-order valence-electron chi connectivity index (χ0n) is 7.70. The summed E-state index contributed by atoms with van der Waals surface area (Å²) in [6.45, 7) is 2.00. The Kier molecular flexibility index (Phi) is 1.72. The summed E-state index contributed by atoms with van der Waals surface area (Å²) in [6.07, 6.45) is 0.438. The van der Waals surface area contributed by atoms with E-state index in [-0.39, 0.29) is 5.91 Å². The average molecular weight is 177 g/mol. The fraction of sp³-hybridized carbons (Fsp3) is 0.300. The molecular weight excluding hydrogens is 166 g/mol. The average Bonchev–Trinajstić information content (AvgIpc) is 2.08. The minimum Gasteiger partial charge on any atom is -0.377 e. The normalized spacial score (nSPS) is 15.2. The number of likely N-dealkylation sites (N-methyl/N-ethyl adjacent to an activating group) is 1. The number of nitrogens with zero attached hydrogens (tertiary/aromatic N) is 1. The number of hydroxylamine groups is 2. The standard InChI is InChI=1S/C10H11NO2/c1-7-3-4-9-8(5-7)6-10(12)11(2)13-9/h3-5H,6H2,1-2H3. The Labute approximate surface area is 76.9 Å². The van der Waals surface area contributed by atoms with Crippen LogP contribution in [0.5, 0.6) is 5.75 Å². The summed E-state index contributed by atoms with van der Waals surface area (Å²) < 4.78 is 0. The van der Waals surface area contributed by atoms with E-state index in [1.165, 1.54) is 5.06 Å². The molecule has 0 aromatic heterocycles. The van der Waals surface area contributed by atoms with E-state index in [2.05, 4.69) is 0 Å². The van der Waals surface area contributed by atoms with Gasteiger partial charge in [-0.2, -0.15) is 5.06 Å². The van der Waals surface area contributed by atoms with Crippen molar-refractivity contribution in [1.82, 2.24) is 5.06 Å². The van der Waals surface area contributed by atoms with Crippen LogP contribution in [0.2, 0.25) is 0 Å². The van der Waals surface area contributed by atoms with Crippen LogP contribution in [0.4, 0.5) is 0 Å². The molecule has 1 aliphatic rings. The first-order valence-electron chi connectivity index (χ1n) is 4.21. The molecular formula is C10H11NO2. The SMILES string of the molecule is Cc1ccc2c(c1)CC(=O)N(C)O2. The molecule has 1 heterocycles. The van der Waals surface area contributed by atoms with E-state index in [9.17, 15) is 4.79 Å². The molecule has 0 radical (unpaired) electrons. The molecule has 1 aromatic carbocycles. The highest BCUT2D eigenvalue weighted by Crippen LogP contribution is 2.25. The van der Waals surface area contributed by atoms with Crippen LogP contribution in [0.1, 0.15) is 11.1 Å². The summed E-state index contributed by atoms with van der Waals surface area (Å²) in [5, 5.41) is 1.28. The maximum atomic E-state index is 11.3. The van der Waals surface area contributed by atoms with Crippen molar-refractivity contribution in [3.8, 4) is 5.75 Å². The van der Waals surface area contributed by atoms with Crippen molar-refractivity contribution in [2.45, 2.75) is 13.3 Å². The van der Waals surface area contributed by atoms with Crippen LogP contribution in [0, 0.1) is 6.92 Å². The van der Waals surface area contributed by atoms with Crippen LogP contribution in [0.25, 0.3) is 0 Å². The first-order valence-corrected chi connectivity index (χ1v) is 4.21. The van der Waals surface area contributed by atoms with Gasteiger partial charge in [-0.25, -0.2) is 0 Å². The van der Waals surface area contributed by atoms with Gasteiger partial charge in [-0.05, 0) is 13.0 Å². The molecule has 3 heteroatoms. The maximum absolute atomic E-state index is 11.3. The topological polar surface area (TPSA) is 29.5 Å². The van der Waals surface area contributed by atoms with Gasteiger partial charge >= 0.3 is 0 Å². The van der Waals surface area contributed by atoms with E-state index in [1.807, 2.05) is 25.1 Å². The summed E-state index contributed by atoms with van der Waals surface area (Å²) in [7, 11) is 1.63. The predicted octanol–water partition coefficient (Wildman–Crippen LogP) is 1.30. The lowest BCUT2D eigenvalue weighted by Gasteiger charge is -2.24. The number of fused-ring (bicyclic) bond motifs is 1. The fourth-order valence-electron chi connectivity index (χ4n) is 1.41. The summed E-state index contributed by atoms with van der Waals surface area (Å²) in [5.74, 6) is 0.783. The first-order chi connectivity index (χ1) is 6.16. The minimum atomic E-state index is -0.00176. The summed E-state index contributed by atoms with van der Waals surface area (Å²) in [4.78, 5) is 16.6. The van der Waals surface area contributed by atoms with Crippen molar-refractivity contribution >= 4 is 5.91 Å². The number of carbonyl (C=O) groups excluding carboxylic acids is 1. The number of amides is 1. The molecule has 0 unspecified atom stereocenters. The van der Waals surface area contributed by atoms with E-state index in [0.717, 1.165) is 16.9 Å². The Bertz CT molecular complexity index is 360. The molecule has 3 nitrogen and oxygen atoms in total. The Morgan fingerprint density at radius 2 is 2.23 bits per heavy atom. The van der Waals surface area contributed by atoms with Crippen LogP contribution >= 0.6 is 0 Å². The highest BCUT2D eigenvalue weighted by molar-refractivity contribution is 5.80. The first kappa shape index (κ1) is 8.10. The summed E-state index contributed by atoms with van der Waals surface area (Å²) in [6, 6.07) is 5.86. The maximum Gasteiger partial charge on any atom is 0.259 e. The number of carbonyl (C=O) groups is 1. The van der Waals surface area contributed by atoms with Gasteiger partial charge < -0.3 is 4.84 Å². The number of hydrogen-bond donors (Lipinski definition) is 0. The van der Waals surface area contributed by atoms with Gasteiger partial charge in [-0.1, -0.05) is 17.7 Å². The molecule has 0 fully saturated rings. The molecule has 0 saturated carbocycles. The molecule has 1 aromatic rings. The van der Waals surface area contributed by atoms with Gasteiger partial charge in [-0.15, -0.1) is 0 Å². The van der Waals surface area contributed by atoms with Crippen LogP contribution in [0.3, 0.4) is 0 Å². The highest BCUT2D eigenvalue weighted by atomic mass is 16.7. The highest BCUT2D eigenvalue weighted by Gasteiger charge is 2.21. The lowest BCUT2D eigenvalue weighted by Crippen LogP contribution is -2.35. The zero-order chi connectivity index (χ0) is 9.42. The third-order valence-electron chi connectivity index (χ3n) is 2.14. The Balaban J connectivity index is 2.42. The van der Waals surface area contributed by atoms with Gasteiger partial charge in [-0.3, -0.25) is 4.79 Å². The second kappa shape index (κ2) is 2.76. The van der Waals surface area contributed by atoms with Crippen molar-refractivity contribution in [3.63, 3.8) is 0 Å². The van der Waals surface area contributed by atoms with Gasteiger partial charge in [0, 0.05) is 12.6 Å². The van der Waals surface area contributed by atoms with Gasteiger partial charge in [0.05, 0.1) is 6.42 Å². The molecule has 0 atom stereocenters. The van der Waals surface area contributed by atoms with Crippen LogP contribution in [-0.2, 0) is 11.2 Å². The third kappa shape index (κ3) is 1.37. The van der Waals surface area contributed by atoms with Crippen LogP contribution < -0.4 is 4.84 Å². The molecule has 1 amide bonds. The minimum absolute atomic E-state index is 0.00176. The van der Waals surface area contributed by atoms with E-state index in [1.54, 1.807) is 7.05 Å². The lowest BCUT2D eigenvalue weighted by molar-refractivity contribution is -0.154. The van der Waals surface area contributed by atoms with Crippen molar-refractivity contribution in [2.75, 3.05) is 7.05 Å². The number of benzene rings is 1. The molecule has 0 aliphatic carbocycles. The van der Waals surface area contributed by atoms with Crippen molar-refractivity contribution in [1.29, 1.82) is 0 Å². The van der Waals surface area contributed by atoms with E-state index in [0.29, 0.717) is 6.42 Å². The molecule has 0 spiro atoms. The molecule has 68 valence electrons. The van der Waals surface area contributed by atoms with Crippen LogP contribution in [-0.4, -0.2) is 18.0 Å². The fourth-order valence-corrected chi connectivity index (χ4v) is 1.41. The summed E-state index contributed by atoms with van der Waals surface area (Å²) >= 11 is 0. The molecule has 1 aliphatic heterocycles. The van der Waals surface area contributed by atoms with E-state index < -0.39 is 0 Å². The van der Waals surface area contributed by atoms with Gasteiger partial charge in [0.1, 0.15) is 0 Å². The van der Waals surface area contributed by atoms with Crippen molar-refractivity contribution in [3.05, 3.63) is 29.3 Å². The van der Waals surface area contributed by atoms with E-state index in [4.69, 9.17) is 4.84 Å². The van der Waals surface area contributed by atoms with Gasteiger partial charge in [0.15, 0.2) is 5.75 Å². The number of rotatable bonds is 0. The van der Waals surface area contributed by atoms with Crippen molar-refractivity contribution < 1.29 is 9.63 Å². The van der Waals surface area contributed by atoms with Crippen molar-refractivity contribution in [2.24, 2.45) is 0 Å². The molecule has 0 N–H and O–H groups in total. The molecule has 0 saturated heterocycles. The zero-order valence-corrected chi connectivity index (χ0v) is 7.70.